The highest BCUT2D eigenvalue weighted by Gasteiger charge is 2.48. The molecule has 2 heterocycles. The van der Waals surface area contributed by atoms with Crippen molar-refractivity contribution in [2.45, 2.75) is 25.7 Å². The van der Waals surface area contributed by atoms with Gasteiger partial charge in [0.05, 0.1) is 23.0 Å². The molecule has 8 heteroatoms. The number of fused-ring (bicyclic) bond motifs is 2. The Morgan fingerprint density at radius 3 is 2.29 bits per heavy atom. The smallest absolute Gasteiger partial charge is 0.269 e. The third-order valence-corrected chi connectivity index (χ3v) is 6.07. The lowest BCUT2D eigenvalue weighted by molar-refractivity contribution is -0.122. The highest BCUT2D eigenvalue weighted by molar-refractivity contribution is 6.22. The maximum Gasteiger partial charge on any atom is 0.269 e. The molecular formula is C23H21N5O3. The number of hydrazine groups is 1. The first kappa shape index (κ1) is 19.2. The molecule has 8 nitrogen and oxygen atoms in total. The number of carbonyl (C=O) groups is 3. The van der Waals surface area contributed by atoms with E-state index in [9.17, 15) is 14.4 Å². The van der Waals surface area contributed by atoms with Crippen LogP contribution < -0.4 is 15.8 Å². The van der Waals surface area contributed by atoms with E-state index in [1.807, 2.05) is 24.3 Å². The number of hydrogen-bond acceptors (Lipinski definition) is 6. The Hall–Kier alpha value is -3.81. The molecule has 1 aliphatic heterocycles. The largest absolute Gasteiger partial charge is 0.281 e. The zero-order chi connectivity index (χ0) is 21.4. The van der Waals surface area contributed by atoms with E-state index in [0.29, 0.717) is 17.1 Å². The average Bonchev–Trinajstić information content (AvgIpc) is 3.07. The number of nitrogens with one attached hydrogen (secondary N) is 2. The van der Waals surface area contributed by atoms with E-state index in [0.717, 1.165) is 36.6 Å². The van der Waals surface area contributed by atoms with Gasteiger partial charge in [-0.15, -0.1) is 0 Å². The van der Waals surface area contributed by atoms with E-state index in [1.165, 1.54) is 11.2 Å². The molecule has 0 bridgehead atoms. The lowest BCUT2D eigenvalue weighted by atomic mass is 9.81. The number of amides is 3. The lowest BCUT2D eigenvalue weighted by Crippen LogP contribution is -2.31. The number of carbonyl (C=O) groups excluding carboxylic acids is 3. The Balaban J connectivity index is 1.29. The normalized spacial score (nSPS) is 20.6. The molecule has 0 spiro atoms. The minimum atomic E-state index is -0.359. The molecule has 2 N–H and O–H groups in total. The molecule has 1 saturated carbocycles. The number of imide groups is 1. The van der Waals surface area contributed by atoms with Crippen LogP contribution in [0.1, 0.15) is 36.0 Å². The average molecular weight is 415 g/mol. The second-order valence-corrected chi connectivity index (χ2v) is 7.87. The van der Waals surface area contributed by atoms with Gasteiger partial charge in [-0.1, -0.05) is 25.0 Å². The summed E-state index contributed by atoms with van der Waals surface area (Å²) in [4.78, 5) is 47.7. The van der Waals surface area contributed by atoms with Crippen molar-refractivity contribution >= 4 is 40.1 Å². The van der Waals surface area contributed by atoms with Gasteiger partial charge in [0.1, 0.15) is 6.33 Å². The van der Waals surface area contributed by atoms with Crippen LogP contribution in [0.4, 0.5) is 11.5 Å². The summed E-state index contributed by atoms with van der Waals surface area (Å²) in [5, 5.41) is 0.785. The summed E-state index contributed by atoms with van der Waals surface area (Å²) < 4.78 is 0. The highest BCUT2D eigenvalue weighted by Crippen LogP contribution is 2.40. The summed E-state index contributed by atoms with van der Waals surface area (Å²) in [6, 6.07) is 14.0. The molecule has 1 aliphatic carbocycles. The summed E-state index contributed by atoms with van der Waals surface area (Å²) in [6.07, 6.45) is 4.95. The number of anilines is 2. The summed E-state index contributed by atoms with van der Waals surface area (Å²) >= 11 is 0. The van der Waals surface area contributed by atoms with Crippen molar-refractivity contribution in [2.24, 2.45) is 11.8 Å². The predicted molar refractivity (Wildman–Crippen MR) is 115 cm³/mol. The molecular weight excluding hydrogens is 394 g/mol. The fraction of sp³-hybridized carbons (Fsp3) is 0.261. The van der Waals surface area contributed by atoms with Crippen molar-refractivity contribution in [3.63, 3.8) is 0 Å². The number of aromatic nitrogens is 2. The van der Waals surface area contributed by atoms with Crippen LogP contribution in [0.25, 0.3) is 10.9 Å². The first-order valence-corrected chi connectivity index (χ1v) is 10.4. The Labute approximate surface area is 178 Å². The van der Waals surface area contributed by atoms with Crippen LogP contribution in [0.5, 0.6) is 0 Å². The van der Waals surface area contributed by atoms with E-state index in [1.54, 1.807) is 24.3 Å². The summed E-state index contributed by atoms with van der Waals surface area (Å²) in [7, 11) is 0. The Kier molecular flexibility index (Phi) is 4.82. The fourth-order valence-electron chi connectivity index (χ4n) is 4.47. The van der Waals surface area contributed by atoms with Crippen LogP contribution in [0.2, 0.25) is 0 Å². The molecule has 0 radical (unpaired) electrons. The van der Waals surface area contributed by atoms with Crippen molar-refractivity contribution in [1.82, 2.24) is 15.4 Å². The van der Waals surface area contributed by atoms with Crippen LogP contribution in [0, 0.1) is 11.8 Å². The Morgan fingerprint density at radius 1 is 0.903 bits per heavy atom. The van der Waals surface area contributed by atoms with Crippen molar-refractivity contribution in [3.05, 3.63) is 60.4 Å². The fourth-order valence-corrected chi connectivity index (χ4v) is 4.47. The topological polar surface area (TPSA) is 104 Å². The maximum absolute atomic E-state index is 12.7. The molecule has 156 valence electrons. The number of benzene rings is 2. The van der Waals surface area contributed by atoms with Crippen LogP contribution >= 0.6 is 0 Å². The quantitative estimate of drug-likeness (QED) is 0.501. The van der Waals surface area contributed by atoms with Crippen LogP contribution in [-0.4, -0.2) is 27.7 Å². The minimum Gasteiger partial charge on any atom is -0.281 e. The SMILES string of the molecule is O=C(NNc1ncnc2ccccc12)c1ccc(N2C(=O)C3CCCCC3C2=O)cc1. The maximum atomic E-state index is 12.7. The molecule has 2 unspecified atom stereocenters. The van der Waals surface area contributed by atoms with Crippen molar-refractivity contribution < 1.29 is 14.4 Å². The molecule has 5 rings (SSSR count). The summed E-state index contributed by atoms with van der Waals surface area (Å²) in [5.74, 6) is -0.506. The van der Waals surface area contributed by atoms with Crippen LogP contribution in [0.3, 0.4) is 0 Å². The Morgan fingerprint density at radius 2 is 1.58 bits per heavy atom. The van der Waals surface area contributed by atoms with Crippen LogP contribution in [-0.2, 0) is 9.59 Å². The molecule has 31 heavy (non-hydrogen) atoms. The number of para-hydroxylation sites is 1. The minimum absolute atomic E-state index is 0.121. The van der Waals surface area contributed by atoms with Gasteiger partial charge in [-0.3, -0.25) is 30.1 Å². The number of nitrogens with zero attached hydrogens (tertiary/aromatic N) is 3. The molecule has 3 amide bonds. The van der Waals surface area contributed by atoms with Gasteiger partial charge in [0.25, 0.3) is 5.91 Å². The highest BCUT2D eigenvalue weighted by atomic mass is 16.2. The van der Waals surface area contributed by atoms with E-state index >= 15 is 0 Å². The number of rotatable bonds is 4. The molecule has 2 aliphatic rings. The van der Waals surface area contributed by atoms with Crippen molar-refractivity contribution in [1.29, 1.82) is 0 Å². The number of hydrogen-bond donors (Lipinski definition) is 2. The van der Waals surface area contributed by atoms with E-state index in [2.05, 4.69) is 20.8 Å². The molecule has 2 fully saturated rings. The summed E-state index contributed by atoms with van der Waals surface area (Å²) in [6.45, 7) is 0. The zero-order valence-electron chi connectivity index (χ0n) is 16.7. The van der Waals surface area contributed by atoms with E-state index in [4.69, 9.17) is 0 Å². The van der Waals surface area contributed by atoms with Gasteiger partial charge < -0.3 is 0 Å². The first-order valence-electron chi connectivity index (χ1n) is 10.4. The zero-order valence-corrected chi connectivity index (χ0v) is 16.7. The molecule has 1 aromatic heterocycles. The van der Waals surface area contributed by atoms with E-state index < -0.39 is 0 Å². The molecule has 2 atom stereocenters. The third-order valence-electron chi connectivity index (χ3n) is 6.07. The van der Waals surface area contributed by atoms with Crippen LogP contribution in [0.15, 0.2) is 54.9 Å². The van der Waals surface area contributed by atoms with Gasteiger partial charge >= 0.3 is 0 Å². The van der Waals surface area contributed by atoms with Gasteiger partial charge in [0.15, 0.2) is 5.82 Å². The van der Waals surface area contributed by atoms with Gasteiger partial charge in [-0.25, -0.2) is 9.97 Å². The lowest BCUT2D eigenvalue weighted by Gasteiger charge is -2.19. The van der Waals surface area contributed by atoms with Gasteiger partial charge in [0, 0.05) is 10.9 Å². The van der Waals surface area contributed by atoms with Crippen molar-refractivity contribution in [2.75, 3.05) is 10.3 Å². The predicted octanol–water partition coefficient (Wildman–Crippen LogP) is 3.07. The second kappa shape index (κ2) is 7.79. The molecule has 3 aromatic rings. The van der Waals surface area contributed by atoms with Gasteiger partial charge in [0.2, 0.25) is 11.8 Å². The first-order chi connectivity index (χ1) is 15.1. The monoisotopic (exact) mass is 415 g/mol. The summed E-state index contributed by atoms with van der Waals surface area (Å²) in [5.41, 5.74) is 7.13. The van der Waals surface area contributed by atoms with Gasteiger partial charge in [-0.2, -0.15) is 0 Å². The Bertz CT molecular complexity index is 1150. The standard InChI is InChI=1S/C23H21N5O3/c29-21(27-26-20-18-7-3-4-8-19(18)24-13-25-20)14-9-11-15(12-10-14)28-22(30)16-5-1-2-6-17(16)23(28)31/h3-4,7-13,16-17H,1-2,5-6H2,(H,27,29)(H,24,25,26). The molecule has 1 saturated heterocycles. The van der Waals surface area contributed by atoms with Crippen molar-refractivity contribution in [3.8, 4) is 0 Å². The molecule has 2 aromatic carbocycles. The third kappa shape index (κ3) is 3.39. The second-order valence-electron chi connectivity index (χ2n) is 7.87. The van der Waals surface area contributed by atoms with E-state index in [-0.39, 0.29) is 29.6 Å². The van der Waals surface area contributed by atoms with Gasteiger partial charge in [-0.05, 0) is 49.2 Å².